The van der Waals surface area contributed by atoms with Crippen molar-refractivity contribution < 1.29 is 14.3 Å². The van der Waals surface area contributed by atoms with Crippen LogP contribution in [-0.4, -0.2) is 56.5 Å². The van der Waals surface area contributed by atoms with Gasteiger partial charge in [-0.1, -0.05) is 18.7 Å². The summed E-state index contributed by atoms with van der Waals surface area (Å²) in [7, 11) is 1.99. The number of hydrogen-bond donors (Lipinski definition) is 2. The van der Waals surface area contributed by atoms with Crippen molar-refractivity contribution in [1.29, 1.82) is 0 Å². The van der Waals surface area contributed by atoms with Crippen LogP contribution in [0.25, 0.3) is 27.9 Å². The molecule has 4 heterocycles. The summed E-state index contributed by atoms with van der Waals surface area (Å²) in [4.78, 5) is 36.8. The van der Waals surface area contributed by atoms with Gasteiger partial charge in [-0.15, -0.1) is 0 Å². The second-order valence-corrected chi connectivity index (χ2v) is 11.5. The Labute approximate surface area is 234 Å². The zero-order chi connectivity index (χ0) is 28.2. The van der Waals surface area contributed by atoms with E-state index in [1.165, 1.54) is 6.33 Å². The van der Waals surface area contributed by atoms with Gasteiger partial charge in [0.2, 0.25) is 5.91 Å². The van der Waals surface area contributed by atoms with E-state index in [2.05, 4.69) is 37.4 Å². The number of nitrogen functional groups attached to an aromatic ring is 1. The molecule has 0 radical (unpaired) electrons. The maximum Gasteiger partial charge on any atom is 0.250 e. The molecule has 9 heteroatoms. The first-order valence-corrected chi connectivity index (χ1v) is 14.0. The Hall–Kier alpha value is -3.98. The van der Waals surface area contributed by atoms with E-state index in [0.29, 0.717) is 36.7 Å². The number of hydrogen-bond acceptors (Lipinski definition) is 6. The van der Waals surface area contributed by atoms with E-state index in [1.807, 2.05) is 32.2 Å². The summed E-state index contributed by atoms with van der Waals surface area (Å²) in [6.07, 6.45) is 8.04. The summed E-state index contributed by atoms with van der Waals surface area (Å²) >= 11 is 0. The van der Waals surface area contributed by atoms with Gasteiger partial charge in [0, 0.05) is 41.9 Å². The lowest BCUT2D eigenvalue weighted by atomic mass is 9.83. The topological polar surface area (TPSA) is 115 Å². The monoisotopic (exact) mass is 540 g/mol. The zero-order valence-corrected chi connectivity index (χ0v) is 23.4. The largest absolute Gasteiger partial charge is 0.383 e. The SMILES string of the molecule is C=C(C)C(=O)Nc1ccc(-c2c(C3=CC[C@@H](C(=O)N4CCCC45COC5)CC3)c3c(N)ncnc3n2C)c(C)c1. The van der Waals surface area contributed by atoms with Gasteiger partial charge in [-0.3, -0.25) is 9.59 Å². The number of allylic oxidation sites excluding steroid dienone is 2. The van der Waals surface area contributed by atoms with Gasteiger partial charge >= 0.3 is 0 Å². The molecule has 2 amide bonds. The Morgan fingerprint density at radius 3 is 2.70 bits per heavy atom. The molecule has 0 saturated carbocycles. The summed E-state index contributed by atoms with van der Waals surface area (Å²) in [5.41, 5.74) is 13.5. The van der Waals surface area contributed by atoms with Crippen LogP contribution in [0, 0.1) is 12.8 Å². The molecular weight excluding hydrogens is 504 g/mol. The number of carbonyl (C=O) groups is 2. The Balaban J connectivity index is 1.37. The number of aromatic nitrogens is 3. The van der Waals surface area contributed by atoms with E-state index < -0.39 is 0 Å². The number of ether oxygens (including phenoxy) is 1. The average molecular weight is 541 g/mol. The van der Waals surface area contributed by atoms with Gasteiger partial charge in [-0.25, -0.2) is 9.97 Å². The minimum absolute atomic E-state index is 0.0238. The Bertz CT molecular complexity index is 1580. The summed E-state index contributed by atoms with van der Waals surface area (Å²) in [6, 6.07) is 5.89. The van der Waals surface area contributed by atoms with Crippen LogP contribution in [0.5, 0.6) is 0 Å². The minimum atomic E-state index is -0.207. The van der Waals surface area contributed by atoms with Crippen molar-refractivity contribution in [2.75, 3.05) is 30.8 Å². The van der Waals surface area contributed by atoms with Crippen LogP contribution in [0.15, 0.2) is 42.8 Å². The highest BCUT2D eigenvalue weighted by Crippen LogP contribution is 2.45. The van der Waals surface area contributed by atoms with E-state index in [1.54, 1.807) is 6.92 Å². The number of nitrogens with zero attached hydrogens (tertiary/aromatic N) is 4. The average Bonchev–Trinajstić information content (AvgIpc) is 3.50. The fourth-order valence-corrected chi connectivity index (χ4v) is 6.57. The van der Waals surface area contributed by atoms with Crippen LogP contribution in [0.3, 0.4) is 0 Å². The lowest BCUT2D eigenvalue weighted by Crippen LogP contribution is -2.61. The number of benzene rings is 1. The molecule has 0 bridgehead atoms. The number of likely N-dealkylation sites (tertiary alicyclic amines) is 1. The molecule has 3 aliphatic rings. The van der Waals surface area contributed by atoms with Gasteiger partial charge in [0.05, 0.1) is 29.8 Å². The molecule has 2 saturated heterocycles. The quantitative estimate of drug-likeness (QED) is 0.457. The lowest BCUT2D eigenvalue weighted by Gasteiger charge is -2.46. The number of nitrogens with two attached hydrogens (primary N) is 1. The Morgan fingerprint density at radius 1 is 1.25 bits per heavy atom. The molecule has 0 unspecified atom stereocenters. The van der Waals surface area contributed by atoms with Crippen molar-refractivity contribution in [2.24, 2.45) is 13.0 Å². The predicted molar refractivity (Wildman–Crippen MR) is 156 cm³/mol. The van der Waals surface area contributed by atoms with Gasteiger partial charge in [-0.05, 0) is 69.2 Å². The van der Waals surface area contributed by atoms with Crippen LogP contribution in [-0.2, 0) is 21.4 Å². The Kier molecular flexibility index (Phi) is 6.49. The molecule has 3 aromatic rings. The second kappa shape index (κ2) is 9.89. The summed E-state index contributed by atoms with van der Waals surface area (Å²) in [5, 5.41) is 3.73. The fourth-order valence-electron chi connectivity index (χ4n) is 6.57. The van der Waals surface area contributed by atoms with Crippen molar-refractivity contribution in [3.05, 3.63) is 53.9 Å². The first-order valence-electron chi connectivity index (χ1n) is 14.0. The Morgan fingerprint density at radius 2 is 2.05 bits per heavy atom. The molecule has 2 fully saturated rings. The summed E-state index contributed by atoms with van der Waals surface area (Å²) in [5.74, 6) is 0.471. The molecule has 208 valence electrons. The molecule has 1 aromatic carbocycles. The normalized spacial score (nSPS) is 19.9. The molecule has 9 nitrogen and oxygen atoms in total. The first kappa shape index (κ1) is 26.3. The van der Waals surface area contributed by atoms with Crippen molar-refractivity contribution in [3.63, 3.8) is 0 Å². The van der Waals surface area contributed by atoms with Crippen molar-refractivity contribution in [1.82, 2.24) is 19.4 Å². The van der Waals surface area contributed by atoms with Gasteiger partial charge in [0.25, 0.3) is 5.91 Å². The highest BCUT2D eigenvalue weighted by atomic mass is 16.5. The molecular formula is C31H36N6O3. The molecule has 6 rings (SSSR count). The third-order valence-electron chi connectivity index (χ3n) is 8.81. The van der Waals surface area contributed by atoms with E-state index in [0.717, 1.165) is 71.2 Å². The van der Waals surface area contributed by atoms with Crippen molar-refractivity contribution in [2.45, 2.75) is 51.5 Å². The molecule has 2 aliphatic heterocycles. The first-order chi connectivity index (χ1) is 19.2. The second-order valence-electron chi connectivity index (χ2n) is 11.5. The van der Waals surface area contributed by atoms with Crippen LogP contribution < -0.4 is 11.1 Å². The van der Waals surface area contributed by atoms with Crippen LogP contribution in [0.4, 0.5) is 11.5 Å². The van der Waals surface area contributed by atoms with E-state index in [9.17, 15) is 9.59 Å². The summed E-state index contributed by atoms with van der Waals surface area (Å²) in [6.45, 7) is 9.60. The molecule has 1 spiro atoms. The molecule has 1 aliphatic carbocycles. The van der Waals surface area contributed by atoms with Crippen molar-refractivity contribution in [3.8, 4) is 11.3 Å². The van der Waals surface area contributed by atoms with Crippen LogP contribution >= 0.6 is 0 Å². The number of anilines is 2. The maximum atomic E-state index is 13.6. The molecule has 3 N–H and O–H groups in total. The maximum absolute atomic E-state index is 13.6. The smallest absolute Gasteiger partial charge is 0.250 e. The van der Waals surface area contributed by atoms with E-state index in [-0.39, 0.29) is 23.3 Å². The zero-order valence-electron chi connectivity index (χ0n) is 23.4. The predicted octanol–water partition coefficient (Wildman–Crippen LogP) is 4.62. The number of rotatable bonds is 5. The highest BCUT2D eigenvalue weighted by molar-refractivity contribution is 6.05. The van der Waals surface area contributed by atoms with Crippen molar-refractivity contribution >= 4 is 39.9 Å². The minimum Gasteiger partial charge on any atom is -0.383 e. The fraction of sp³-hybridized carbons (Fsp3) is 0.419. The lowest BCUT2D eigenvalue weighted by molar-refractivity contribution is -0.162. The van der Waals surface area contributed by atoms with Crippen LogP contribution in [0.1, 0.15) is 50.2 Å². The third-order valence-corrected chi connectivity index (χ3v) is 8.81. The van der Waals surface area contributed by atoms with E-state index >= 15 is 0 Å². The third kappa shape index (κ3) is 4.20. The standard InChI is InChI=1S/C31H36N6O3/c1-18(2)29(38)35-22-10-11-23(19(3)14-22)26-24(25-27(32)33-17-34-28(25)36(26)4)20-6-8-21(9-7-20)30(39)37-13-5-12-31(37)15-40-16-31/h6,10-11,14,17,21H,1,5,7-9,12-13,15-16H2,2-4H3,(H,35,38)(H2,32,33,34)/t21-/m1/s1. The number of carbonyl (C=O) groups excluding carboxylic acids is 2. The van der Waals surface area contributed by atoms with Gasteiger partial charge in [0.1, 0.15) is 17.8 Å². The van der Waals surface area contributed by atoms with Gasteiger partial charge < -0.3 is 25.3 Å². The van der Waals surface area contributed by atoms with Gasteiger partial charge in [-0.2, -0.15) is 0 Å². The number of fused-ring (bicyclic) bond motifs is 1. The molecule has 2 aromatic heterocycles. The number of aryl methyl sites for hydroxylation is 2. The number of amides is 2. The summed E-state index contributed by atoms with van der Waals surface area (Å²) < 4.78 is 7.57. The molecule has 40 heavy (non-hydrogen) atoms. The number of nitrogens with one attached hydrogen (secondary N) is 1. The molecule has 1 atom stereocenters. The van der Waals surface area contributed by atoms with Gasteiger partial charge in [0.15, 0.2) is 0 Å². The highest BCUT2D eigenvalue weighted by Gasteiger charge is 2.50. The van der Waals surface area contributed by atoms with Crippen LogP contribution in [0.2, 0.25) is 0 Å². The van der Waals surface area contributed by atoms with E-state index in [4.69, 9.17) is 10.5 Å².